The third-order valence-corrected chi connectivity index (χ3v) is 10.6. The molecule has 0 aromatic carbocycles. The summed E-state index contributed by atoms with van der Waals surface area (Å²) >= 11 is 0. The molecule has 0 unspecified atom stereocenters. The standard InChI is InChI=1S/C28H45NO5/c1-17(30)20-9-10-21-19-8-7-18-15-26(4,34-23(31)16-33-24(32)25(2,3)29)13-14-27(18,5)22(19)11-12-28(20,21)6/h18-22H,7-16,29H2,1-6H3/t18-,19-,20+,21-,22-,26+,27-,28+/m0/s1. The highest BCUT2D eigenvalue weighted by Gasteiger charge is 2.61. The van der Waals surface area contributed by atoms with Crippen LogP contribution in [0.15, 0.2) is 0 Å². The minimum Gasteiger partial charge on any atom is -0.457 e. The lowest BCUT2D eigenvalue weighted by atomic mass is 9.44. The van der Waals surface area contributed by atoms with Crippen molar-refractivity contribution in [2.24, 2.45) is 46.2 Å². The van der Waals surface area contributed by atoms with Gasteiger partial charge in [0.25, 0.3) is 0 Å². The van der Waals surface area contributed by atoms with E-state index in [0.29, 0.717) is 23.5 Å². The first kappa shape index (κ1) is 25.7. The molecular weight excluding hydrogens is 430 g/mol. The first-order valence-electron chi connectivity index (χ1n) is 13.4. The van der Waals surface area contributed by atoms with Gasteiger partial charge in [0.2, 0.25) is 0 Å². The molecule has 0 radical (unpaired) electrons. The van der Waals surface area contributed by atoms with E-state index >= 15 is 0 Å². The highest BCUT2D eigenvalue weighted by atomic mass is 16.6. The van der Waals surface area contributed by atoms with Crippen molar-refractivity contribution < 1.29 is 23.9 Å². The zero-order valence-corrected chi connectivity index (χ0v) is 22.1. The van der Waals surface area contributed by atoms with Gasteiger partial charge in [0.1, 0.15) is 16.9 Å². The van der Waals surface area contributed by atoms with E-state index in [9.17, 15) is 14.4 Å². The van der Waals surface area contributed by atoms with Gasteiger partial charge in [-0.05, 0) is 120 Å². The molecule has 0 saturated heterocycles. The molecule has 0 spiro atoms. The van der Waals surface area contributed by atoms with E-state index in [1.54, 1.807) is 20.8 Å². The molecule has 0 aliphatic heterocycles. The number of rotatable bonds is 5. The first-order chi connectivity index (χ1) is 15.7. The fraction of sp³-hybridized carbons (Fsp3) is 0.893. The number of Topliss-reactive ketones (excluding diaryl/α,β-unsaturated/α-hetero) is 1. The molecule has 0 aromatic rings. The van der Waals surface area contributed by atoms with E-state index in [0.717, 1.165) is 31.6 Å². The Morgan fingerprint density at radius 3 is 2.24 bits per heavy atom. The van der Waals surface area contributed by atoms with Gasteiger partial charge in [-0.2, -0.15) is 0 Å². The van der Waals surface area contributed by atoms with Crippen LogP contribution in [0.5, 0.6) is 0 Å². The summed E-state index contributed by atoms with van der Waals surface area (Å²) in [5.74, 6) is 2.15. The summed E-state index contributed by atoms with van der Waals surface area (Å²) in [4.78, 5) is 36.8. The Morgan fingerprint density at radius 2 is 1.59 bits per heavy atom. The lowest BCUT2D eigenvalue weighted by Gasteiger charge is -2.62. The van der Waals surface area contributed by atoms with Crippen molar-refractivity contribution in [3.8, 4) is 0 Å². The predicted octanol–water partition coefficient (Wildman–Crippen LogP) is 4.82. The van der Waals surface area contributed by atoms with Gasteiger partial charge in [0, 0.05) is 5.92 Å². The molecule has 4 fully saturated rings. The fourth-order valence-electron chi connectivity index (χ4n) is 8.79. The van der Waals surface area contributed by atoms with Crippen molar-refractivity contribution in [1.82, 2.24) is 0 Å². The van der Waals surface area contributed by atoms with Crippen LogP contribution in [0, 0.1) is 40.4 Å². The van der Waals surface area contributed by atoms with Crippen LogP contribution in [0.3, 0.4) is 0 Å². The number of ketones is 1. The molecule has 6 heteroatoms. The highest BCUT2D eigenvalue weighted by Crippen LogP contribution is 2.68. The Bertz CT molecular complexity index is 848. The van der Waals surface area contributed by atoms with Crippen molar-refractivity contribution in [2.45, 2.75) is 110 Å². The van der Waals surface area contributed by atoms with Crippen molar-refractivity contribution >= 4 is 17.7 Å². The maximum absolute atomic E-state index is 12.5. The zero-order chi connectivity index (χ0) is 25.1. The SMILES string of the molecule is CC(=O)[C@H]1CC[C@H]2[C@@H]3CC[C@H]4C[C@](C)(OC(=O)COC(=O)C(C)(C)N)CC[C@]4(C)[C@H]3CC[C@]12C. The second-order valence-electron chi connectivity index (χ2n) is 13.4. The van der Waals surface area contributed by atoms with Crippen molar-refractivity contribution in [2.75, 3.05) is 6.61 Å². The number of hydrogen-bond donors (Lipinski definition) is 1. The monoisotopic (exact) mass is 475 g/mol. The van der Waals surface area contributed by atoms with Crippen LogP contribution in [-0.2, 0) is 23.9 Å². The lowest BCUT2D eigenvalue weighted by Crippen LogP contribution is -2.56. The Morgan fingerprint density at radius 1 is 0.912 bits per heavy atom. The molecule has 4 saturated carbocycles. The molecule has 4 aliphatic carbocycles. The molecule has 8 atom stereocenters. The maximum atomic E-state index is 12.5. The average Bonchev–Trinajstić information content (AvgIpc) is 3.09. The summed E-state index contributed by atoms with van der Waals surface area (Å²) in [6.45, 7) is 11.4. The van der Waals surface area contributed by atoms with Crippen molar-refractivity contribution in [1.29, 1.82) is 0 Å². The van der Waals surface area contributed by atoms with Gasteiger partial charge in [-0.25, -0.2) is 4.79 Å². The predicted molar refractivity (Wildman–Crippen MR) is 130 cm³/mol. The zero-order valence-electron chi connectivity index (χ0n) is 22.1. The minimum atomic E-state index is -1.13. The van der Waals surface area contributed by atoms with E-state index in [-0.39, 0.29) is 23.4 Å². The van der Waals surface area contributed by atoms with Gasteiger partial charge in [0.05, 0.1) is 0 Å². The van der Waals surface area contributed by atoms with Crippen molar-refractivity contribution in [3.05, 3.63) is 0 Å². The largest absolute Gasteiger partial charge is 0.457 e. The number of ether oxygens (including phenoxy) is 2. The summed E-state index contributed by atoms with van der Waals surface area (Å²) in [7, 11) is 0. The second-order valence-corrected chi connectivity index (χ2v) is 13.4. The van der Waals surface area contributed by atoms with E-state index in [4.69, 9.17) is 15.2 Å². The Kier molecular flexibility index (Phi) is 6.49. The van der Waals surface area contributed by atoms with Gasteiger partial charge >= 0.3 is 11.9 Å². The molecule has 4 rings (SSSR count). The quantitative estimate of drug-likeness (QED) is 0.573. The molecule has 192 valence electrons. The first-order valence-corrected chi connectivity index (χ1v) is 13.4. The van der Waals surface area contributed by atoms with Crippen molar-refractivity contribution in [3.63, 3.8) is 0 Å². The maximum Gasteiger partial charge on any atom is 0.344 e. The van der Waals surface area contributed by atoms with Crippen LogP contribution in [0.25, 0.3) is 0 Å². The summed E-state index contributed by atoms with van der Waals surface area (Å²) in [6.07, 6.45) is 9.81. The van der Waals surface area contributed by atoms with Crippen LogP contribution < -0.4 is 5.73 Å². The van der Waals surface area contributed by atoms with Crippen LogP contribution in [0.2, 0.25) is 0 Å². The summed E-state index contributed by atoms with van der Waals surface area (Å²) in [5, 5.41) is 0. The van der Waals surface area contributed by atoms with Crippen LogP contribution in [0.1, 0.15) is 99.3 Å². The third kappa shape index (κ3) is 4.33. The fourth-order valence-corrected chi connectivity index (χ4v) is 8.79. The van der Waals surface area contributed by atoms with E-state index in [1.807, 2.05) is 6.92 Å². The van der Waals surface area contributed by atoms with Gasteiger partial charge in [-0.1, -0.05) is 13.8 Å². The van der Waals surface area contributed by atoms with Crippen LogP contribution in [0.4, 0.5) is 0 Å². The van der Waals surface area contributed by atoms with Gasteiger partial charge in [-0.3, -0.25) is 9.59 Å². The molecule has 34 heavy (non-hydrogen) atoms. The molecule has 6 nitrogen and oxygen atoms in total. The minimum absolute atomic E-state index is 0.185. The number of carbonyl (C=O) groups is 3. The summed E-state index contributed by atoms with van der Waals surface area (Å²) in [6, 6.07) is 0. The molecular formula is C28H45NO5. The number of esters is 2. The summed E-state index contributed by atoms with van der Waals surface area (Å²) in [5.41, 5.74) is 4.54. The topological polar surface area (TPSA) is 95.7 Å². The summed E-state index contributed by atoms with van der Waals surface area (Å²) < 4.78 is 11.0. The van der Waals surface area contributed by atoms with Gasteiger partial charge in [0.15, 0.2) is 6.61 Å². The normalized spacial score (nSPS) is 43.8. The smallest absolute Gasteiger partial charge is 0.344 e. The Labute approximate surface area is 205 Å². The van der Waals surface area contributed by atoms with Gasteiger partial charge in [-0.15, -0.1) is 0 Å². The van der Waals surface area contributed by atoms with Crippen LogP contribution in [-0.4, -0.2) is 35.5 Å². The van der Waals surface area contributed by atoms with Crippen LogP contribution >= 0.6 is 0 Å². The Hall–Kier alpha value is -1.43. The average molecular weight is 476 g/mol. The number of fused-ring (bicyclic) bond motifs is 5. The van der Waals surface area contributed by atoms with E-state index < -0.39 is 23.1 Å². The number of hydrogen-bond acceptors (Lipinski definition) is 6. The number of nitrogens with two attached hydrogens (primary N) is 1. The molecule has 4 aliphatic rings. The lowest BCUT2D eigenvalue weighted by molar-refractivity contribution is -0.187. The van der Waals surface area contributed by atoms with E-state index in [1.165, 1.54) is 32.1 Å². The number of carbonyl (C=O) groups excluding carboxylic acids is 3. The molecule has 0 heterocycles. The van der Waals surface area contributed by atoms with Gasteiger partial charge < -0.3 is 15.2 Å². The molecule has 2 N–H and O–H groups in total. The second kappa shape index (κ2) is 8.60. The molecule has 0 aromatic heterocycles. The molecule has 0 bridgehead atoms. The highest BCUT2D eigenvalue weighted by molar-refractivity contribution is 5.82. The molecule has 0 amide bonds. The van der Waals surface area contributed by atoms with E-state index in [2.05, 4.69) is 13.8 Å². The Balaban J connectivity index is 1.40. The third-order valence-electron chi connectivity index (χ3n) is 10.6.